The fourth-order valence-corrected chi connectivity index (χ4v) is 2.51. The molecule has 0 radical (unpaired) electrons. The van der Waals surface area contributed by atoms with Crippen molar-refractivity contribution in [2.75, 3.05) is 17.7 Å². The highest BCUT2D eigenvalue weighted by atomic mass is 32.2. The molecule has 1 heterocycles. The van der Waals surface area contributed by atoms with Gasteiger partial charge < -0.3 is 10.1 Å². The number of benzene rings is 1. The first kappa shape index (κ1) is 19.4. The van der Waals surface area contributed by atoms with Gasteiger partial charge in [0, 0.05) is 5.69 Å². The van der Waals surface area contributed by atoms with Crippen molar-refractivity contribution in [2.24, 2.45) is 0 Å². The number of carbonyl (C=O) groups is 2. The number of hydrogen-bond acceptors (Lipinski definition) is 7. The number of carbonyl (C=O) groups excluding carboxylic acids is 2. The number of H-pyrrole nitrogens is 2. The van der Waals surface area contributed by atoms with Crippen molar-refractivity contribution >= 4 is 29.3 Å². The van der Waals surface area contributed by atoms with Gasteiger partial charge in [0.25, 0.3) is 5.56 Å². The predicted molar refractivity (Wildman–Crippen MR) is 96.5 cm³/mol. The number of rotatable bonds is 8. The van der Waals surface area contributed by atoms with Gasteiger partial charge in [-0.1, -0.05) is 31.2 Å². The number of esters is 1. The van der Waals surface area contributed by atoms with Crippen molar-refractivity contribution in [2.45, 2.75) is 24.8 Å². The molecule has 0 spiro atoms. The first-order chi connectivity index (χ1) is 12.5. The van der Waals surface area contributed by atoms with Crippen LogP contribution in [0.2, 0.25) is 0 Å². The lowest BCUT2D eigenvalue weighted by Crippen LogP contribution is -2.25. The van der Waals surface area contributed by atoms with E-state index in [4.69, 9.17) is 4.74 Å². The van der Waals surface area contributed by atoms with Crippen LogP contribution in [0.25, 0.3) is 0 Å². The van der Waals surface area contributed by atoms with Gasteiger partial charge in [-0.05, 0) is 24.6 Å². The Kier molecular flexibility index (Phi) is 7.15. The molecule has 0 aliphatic heterocycles. The van der Waals surface area contributed by atoms with Gasteiger partial charge in [0.1, 0.15) is 0 Å². The Bertz CT molecular complexity index is 892. The van der Waals surface area contributed by atoms with Crippen LogP contribution in [0, 0.1) is 0 Å². The maximum atomic E-state index is 12.0. The fraction of sp³-hybridized carbons (Fsp3) is 0.312. The van der Waals surface area contributed by atoms with Gasteiger partial charge in [-0.3, -0.25) is 14.6 Å². The van der Waals surface area contributed by atoms with Crippen molar-refractivity contribution in [1.29, 1.82) is 0 Å². The van der Waals surface area contributed by atoms with E-state index in [1.54, 1.807) is 18.2 Å². The van der Waals surface area contributed by atoms with Crippen LogP contribution in [0.1, 0.15) is 30.1 Å². The Labute approximate surface area is 152 Å². The maximum absolute atomic E-state index is 12.0. The van der Waals surface area contributed by atoms with Crippen molar-refractivity contribution < 1.29 is 14.3 Å². The normalized spacial score (nSPS) is 10.3. The SMILES string of the molecule is CCCCOC(=O)c1cccc(NC(=O)CSc2n[nH]c(=O)[nH]c2=O)c1. The van der Waals surface area contributed by atoms with Crippen LogP contribution in [-0.4, -0.2) is 39.4 Å². The number of amides is 1. The molecule has 0 saturated carbocycles. The van der Waals surface area contributed by atoms with Crippen LogP contribution in [0.5, 0.6) is 0 Å². The van der Waals surface area contributed by atoms with Gasteiger partial charge in [0.2, 0.25) is 5.91 Å². The second kappa shape index (κ2) is 9.56. The molecule has 0 aliphatic carbocycles. The van der Waals surface area contributed by atoms with Crippen molar-refractivity contribution in [3.63, 3.8) is 0 Å². The summed E-state index contributed by atoms with van der Waals surface area (Å²) in [7, 11) is 0. The maximum Gasteiger partial charge on any atom is 0.342 e. The standard InChI is InChI=1S/C16H18N4O5S/c1-2-3-7-25-15(23)10-5-4-6-11(8-10)17-12(21)9-26-14-13(22)18-16(24)20-19-14/h4-6,8H,2-3,7,9H2,1H3,(H,17,21)(H2,18,20,22,24). The zero-order valence-electron chi connectivity index (χ0n) is 14.0. The number of hydrogen-bond donors (Lipinski definition) is 3. The lowest BCUT2D eigenvalue weighted by molar-refractivity contribution is -0.113. The third-order valence-electron chi connectivity index (χ3n) is 3.13. The summed E-state index contributed by atoms with van der Waals surface area (Å²) in [5, 5.41) is 8.27. The molecule has 2 aromatic rings. The topological polar surface area (TPSA) is 134 Å². The molecule has 0 fully saturated rings. The number of anilines is 1. The van der Waals surface area contributed by atoms with E-state index in [9.17, 15) is 19.2 Å². The monoisotopic (exact) mass is 378 g/mol. The number of unbranched alkanes of at least 4 members (excludes halogenated alkanes) is 1. The van der Waals surface area contributed by atoms with Crippen LogP contribution in [0.4, 0.5) is 5.69 Å². The zero-order valence-corrected chi connectivity index (χ0v) is 14.9. The molecule has 1 aromatic heterocycles. The zero-order chi connectivity index (χ0) is 18.9. The molecule has 9 nitrogen and oxygen atoms in total. The molecule has 26 heavy (non-hydrogen) atoms. The Balaban J connectivity index is 1.92. The molecule has 0 atom stereocenters. The van der Waals surface area contributed by atoms with Crippen molar-refractivity contribution in [1.82, 2.24) is 15.2 Å². The lowest BCUT2D eigenvalue weighted by Gasteiger charge is -2.07. The van der Waals surface area contributed by atoms with E-state index < -0.39 is 17.2 Å². The van der Waals surface area contributed by atoms with Crippen LogP contribution in [0.3, 0.4) is 0 Å². The van der Waals surface area contributed by atoms with E-state index in [0.29, 0.717) is 17.9 Å². The van der Waals surface area contributed by atoms with Gasteiger partial charge in [-0.2, -0.15) is 5.10 Å². The molecular weight excluding hydrogens is 360 g/mol. The highest BCUT2D eigenvalue weighted by Gasteiger charge is 2.11. The minimum absolute atomic E-state index is 0.0204. The molecule has 0 saturated heterocycles. The van der Waals surface area contributed by atoms with Gasteiger partial charge in [0.15, 0.2) is 5.03 Å². The molecule has 10 heteroatoms. The number of ether oxygens (including phenoxy) is 1. The lowest BCUT2D eigenvalue weighted by atomic mass is 10.2. The van der Waals surface area contributed by atoms with Crippen LogP contribution >= 0.6 is 11.8 Å². The number of nitrogens with zero attached hydrogens (tertiary/aromatic N) is 1. The first-order valence-corrected chi connectivity index (χ1v) is 8.87. The van der Waals surface area contributed by atoms with Gasteiger partial charge in [-0.25, -0.2) is 14.7 Å². The average Bonchev–Trinajstić information content (AvgIpc) is 2.61. The first-order valence-electron chi connectivity index (χ1n) is 7.88. The van der Waals surface area contributed by atoms with Gasteiger partial charge in [0.05, 0.1) is 17.9 Å². The summed E-state index contributed by atoms with van der Waals surface area (Å²) in [6.07, 6.45) is 1.71. The Morgan fingerprint density at radius 2 is 2.12 bits per heavy atom. The summed E-state index contributed by atoms with van der Waals surface area (Å²) in [6, 6.07) is 6.38. The minimum atomic E-state index is -0.716. The third-order valence-corrected chi connectivity index (χ3v) is 4.09. The van der Waals surface area contributed by atoms with E-state index >= 15 is 0 Å². The summed E-state index contributed by atoms with van der Waals surface area (Å²) in [5.41, 5.74) is -0.607. The van der Waals surface area contributed by atoms with E-state index in [1.807, 2.05) is 11.9 Å². The van der Waals surface area contributed by atoms with E-state index in [0.717, 1.165) is 24.6 Å². The van der Waals surface area contributed by atoms with Crippen LogP contribution in [-0.2, 0) is 9.53 Å². The number of aromatic nitrogens is 3. The summed E-state index contributed by atoms with van der Waals surface area (Å²) in [5.74, 6) is -0.931. The van der Waals surface area contributed by atoms with Crippen molar-refractivity contribution in [3.05, 3.63) is 50.7 Å². The summed E-state index contributed by atoms with van der Waals surface area (Å²) >= 11 is 0.879. The Morgan fingerprint density at radius 1 is 1.31 bits per heavy atom. The summed E-state index contributed by atoms with van der Waals surface area (Å²) < 4.78 is 5.13. The van der Waals surface area contributed by atoms with Gasteiger partial charge >= 0.3 is 11.7 Å². The smallest absolute Gasteiger partial charge is 0.342 e. The molecule has 2 rings (SSSR count). The summed E-state index contributed by atoms with van der Waals surface area (Å²) in [6.45, 7) is 2.35. The molecule has 0 bridgehead atoms. The number of nitrogens with one attached hydrogen (secondary N) is 3. The largest absolute Gasteiger partial charge is 0.462 e. The fourth-order valence-electron chi connectivity index (χ4n) is 1.88. The quantitative estimate of drug-likeness (QED) is 0.356. The molecule has 1 amide bonds. The second-order valence-corrected chi connectivity index (χ2v) is 6.18. The van der Waals surface area contributed by atoms with Crippen LogP contribution in [0.15, 0.2) is 38.9 Å². The highest BCUT2D eigenvalue weighted by molar-refractivity contribution is 7.99. The molecule has 138 valence electrons. The van der Waals surface area contributed by atoms with Gasteiger partial charge in [-0.15, -0.1) is 0 Å². The van der Waals surface area contributed by atoms with E-state index in [2.05, 4.69) is 15.5 Å². The Morgan fingerprint density at radius 3 is 2.85 bits per heavy atom. The summed E-state index contributed by atoms with van der Waals surface area (Å²) in [4.78, 5) is 48.3. The molecule has 0 aliphatic rings. The predicted octanol–water partition coefficient (Wildman–Crippen LogP) is 1.15. The minimum Gasteiger partial charge on any atom is -0.462 e. The molecular formula is C16H18N4O5S. The highest BCUT2D eigenvalue weighted by Crippen LogP contribution is 2.14. The second-order valence-electron chi connectivity index (χ2n) is 5.22. The molecule has 1 aromatic carbocycles. The number of thioether (sulfide) groups is 1. The molecule has 0 unspecified atom stereocenters. The average molecular weight is 378 g/mol. The van der Waals surface area contributed by atoms with E-state index in [1.165, 1.54) is 6.07 Å². The number of aromatic amines is 2. The van der Waals surface area contributed by atoms with Crippen LogP contribution < -0.4 is 16.6 Å². The Hall–Kier alpha value is -2.88. The van der Waals surface area contributed by atoms with E-state index in [-0.39, 0.29) is 16.7 Å². The molecule has 3 N–H and O–H groups in total. The van der Waals surface area contributed by atoms with Crippen molar-refractivity contribution in [3.8, 4) is 0 Å². The third kappa shape index (κ3) is 5.88.